The molecule has 1 aliphatic rings. The summed E-state index contributed by atoms with van der Waals surface area (Å²) in [5.74, 6) is -0.127. The highest BCUT2D eigenvalue weighted by atomic mass is 19.4. The van der Waals surface area contributed by atoms with Crippen LogP contribution in [-0.4, -0.2) is 30.3 Å². The molecule has 1 aliphatic heterocycles. The van der Waals surface area contributed by atoms with Gasteiger partial charge in [-0.15, -0.1) is 0 Å². The maximum Gasteiger partial charge on any atom is 0.416 e. The lowest BCUT2D eigenvalue weighted by molar-refractivity contribution is -0.221. The first kappa shape index (κ1) is 29.8. The Balaban J connectivity index is 1.91. The number of nitrogens with zero attached hydrogens (tertiary/aromatic N) is 2. The third kappa shape index (κ3) is 7.88. The third-order valence-electron chi connectivity index (χ3n) is 7.30. The number of rotatable bonds is 10. The summed E-state index contributed by atoms with van der Waals surface area (Å²) in [5.41, 5.74) is 5.19. The van der Waals surface area contributed by atoms with Crippen LogP contribution in [0.5, 0.6) is 0 Å². The maximum absolute atomic E-state index is 13.2. The number of carbonyl (C=O) groups excluding carboxylic acids is 1. The number of likely N-dealkylation sites (tertiary alicyclic amines) is 1. The molecular formula is C28H34F6N3O+. The Morgan fingerprint density at radius 1 is 0.947 bits per heavy atom. The van der Waals surface area contributed by atoms with Gasteiger partial charge in [-0.2, -0.15) is 31.9 Å². The van der Waals surface area contributed by atoms with E-state index < -0.39 is 23.5 Å². The minimum atomic E-state index is -4.46. The molecule has 0 bridgehead atoms. The zero-order valence-electron chi connectivity index (χ0n) is 21.5. The van der Waals surface area contributed by atoms with Gasteiger partial charge in [-0.1, -0.05) is 44.5 Å². The van der Waals surface area contributed by atoms with E-state index in [-0.39, 0.29) is 30.2 Å². The molecule has 1 heterocycles. The van der Waals surface area contributed by atoms with Gasteiger partial charge in [-0.3, -0.25) is 9.69 Å². The second kappa shape index (κ2) is 12.4. The minimum Gasteiger partial charge on any atom is -0.297 e. The van der Waals surface area contributed by atoms with Crippen molar-refractivity contribution in [2.45, 2.75) is 63.8 Å². The molecule has 2 aromatic carbocycles. The van der Waals surface area contributed by atoms with Gasteiger partial charge < -0.3 is 0 Å². The molecule has 208 valence electrons. The van der Waals surface area contributed by atoms with Crippen LogP contribution in [0, 0.1) is 11.8 Å². The molecule has 0 radical (unpaired) electrons. The number of hydrogen-bond acceptors (Lipinski definition) is 3. The summed E-state index contributed by atoms with van der Waals surface area (Å²) in [4.78, 5) is 14.7. The van der Waals surface area contributed by atoms with Crippen molar-refractivity contribution in [3.8, 4) is 0 Å². The lowest BCUT2D eigenvalue weighted by Crippen LogP contribution is -2.42. The number of benzene rings is 2. The van der Waals surface area contributed by atoms with Gasteiger partial charge in [0.05, 0.1) is 11.1 Å². The molecule has 0 saturated carbocycles. The standard InChI is InChI=1S/C28H33F6N3O/c1-18(2)3-4-22(19-5-9-23(10-6-19)27(29,30)31)17-37-14-13-21(26(38)16-36-35)15-25(37)20-7-11-24(12-8-20)28(32,33)34/h5-12,18,21-22,25,35H,3-4,13-17H2,1-2H3/p+1/t21?,22-,25+/m1/s1. The molecule has 10 heteroatoms. The molecular weight excluding hydrogens is 508 g/mol. The Morgan fingerprint density at radius 2 is 1.50 bits per heavy atom. The molecule has 2 N–H and O–H groups in total. The molecule has 0 aliphatic carbocycles. The molecule has 1 saturated heterocycles. The highest BCUT2D eigenvalue weighted by Crippen LogP contribution is 2.39. The Kier molecular flexibility index (Phi) is 9.73. The Morgan fingerprint density at radius 3 is 2.00 bits per heavy atom. The SMILES string of the molecule is CC(C)CC[C@H](CN1CCC(C(=O)CN=[NH2+])C[C@H]1c1ccc(C(F)(F)F)cc1)c1ccc(C(F)(F)F)cc1. The first-order valence-corrected chi connectivity index (χ1v) is 12.8. The van der Waals surface area contributed by atoms with Crippen molar-refractivity contribution in [2.24, 2.45) is 17.0 Å². The number of alkyl halides is 6. The first-order valence-electron chi connectivity index (χ1n) is 12.8. The zero-order chi connectivity index (χ0) is 28.1. The van der Waals surface area contributed by atoms with E-state index in [0.29, 0.717) is 37.4 Å². The van der Waals surface area contributed by atoms with E-state index in [1.54, 1.807) is 0 Å². The topological polar surface area (TPSA) is 58.3 Å². The number of hydrogen-bond donors (Lipinski definition) is 1. The number of piperidine rings is 1. The van der Waals surface area contributed by atoms with Gasteiger partial charge in [0.25, 0.3) is 0 Å². The summed E-state index contributed by atoms with van der Waals surface area (Å²) in [7, 11) is 0. The van der Waals surface area contributed by atoms with Gasteiger partial charge in [-0.25, -0.2) is 0 Å². The normalized spacial score (nSPS) is 19.9. The molecule has 0 amide bonds. The van der Waals surface area contributed by atoms with E-state index in [9.17, 15) is 31.1 Å². The fraction of sp³-hybridized carbons (Fsp3) is 0.536. The average molecular weight is 543 g/mol. The molecule has 1 unspecified atom stereocenters. The molecule has 2 aromatic rings. The van der Waals surface area contributed by atoms with Gasteiger partial charge in [0, 0.05) is 18.5 Å². The lowest BCUT2D eigenvalue weighted by atomic mass is 9.82. The predicted octanol–water partition coefficient (Wildman–Crippen LogP) is 6.48. The summed E-state index contributed by atoms with van der Waals surface area (Å²) in [5, 5.41) is 3.45. The van der Waals surface area contributed by atoms with Gasteiger partial charge in [0.2, 0.25) is 0 Å². The second-order valence-electron chi connectivity index (χ2n) is 10.4. The second-order valence-corrected chi connectivity index (χ2v) is 10.4. The van der Waals surface area contributed by atoms with E-state index in [2.05, 4.69) is 23.9 Å². The van der Waals surface area contributed by atoms with E-state index in [1.807, 2.05) is 0 Å². The van der Waals surface area contributed by atoms with Crippen LogP contribution in [0.3, 0.4) is 0 Å². The van der Waals surface area contributed by atoms with Crippen LogP contribution in [0.25, 0.3) is 0 Å². The number of ketones is 1. The maximum atomic E-state index is 13.2. The zero-order valence-corrected chi connectivity index (χ0v) is 21.5. The Hall–Kier alpha value is -2.75. The highest BCUT2D eigenvalue weighted by molar-refractivity contribution is 5.83. The van der Waals surface area contributed by atoms with Gasteiger partial charge in [-0.05, 0) is 78.1 Å². The number of nitrogens with two attached hydrogens (primary N) is 1. The van der Waals surface area contributed by atoms with E-state index in [1.165, 1.54) is 24.3 Å². The average Bonchev–Trinajstić information content (AvgIpc) is 2.85. The van der Waals surface area contributed by atoms with Crippen molar-refractivity contribution < 1.29 is 36.7 Å². The van der Waals surface area contributed by atoms with Crippen molar-refractivity contribution in [1.82, 2.24) is 4.90 Å². The first-order chi connectivity index (χ1) is 17.8. The summed E-state index contributed by atoms with van der Waals surface area (Å²) in [6, 6.07) is 9.86. The molecule has 3 rings (SSSR count). The number of halogens is 6. The Labute approximate surface area is 218 Å². The van der Waals surface area contributed by atoms with E-state index >= 15 is 0 Å². The fourth-order valence-electron chi connectivity index (χ4n) is 5.11. The number of Topliss-reactive ketones (excluding diaryl/α,β-unsaturated/α-hetero) is 1. The van der Waals surface area contributed by atoms with Crippen LogP contribution >= 0.6 is 0 Å². The van der Waals surface area contributed by atoms with Crippen molar-refractivity contribution in [3.05, 3.63) is 70.8 Å². The molecule has 3 atom stereocenters. The third-order valence-corrected chi connectivity index (χ3v) is 7.30. The monoisotopic (exact) mass is 542 g/mol. The molecule has 1 fully saturated rings. The van der Waals surface area contributed by atoms with Crippen LogP contribution in [0.15, 0.2) is 53.6 Å². The van der Waals surface area contributed by atoms with Crippen LogP contribution in [0.2, 0.25) is 0 Å². The summed E-state index contributed by atoms with van der Waals surface area (Å²) < 4.78 is 78.8. The van der Waals surface area contributed by atoms with Gasteiger partial charge in [0.15, 0.2) is 12.3 Å². The largest absolute Gasteiger partial charge is 0.416 e. The minimum absolute atomic E-state index is 0.0806. The van der Waals surface area contributed by atoms with E-state index in [4.69, 9.17) is 5.53 Å². The molecule has 0 aromatic heterocycles. The van der Waals surface area contributed by atoms with E-state index in [0.717, 1.165) is 42.7 Å². The molecule has 4 nitrogen and oxygen atoms in total. The van der Waals surface area contributed by atoms with Gasteiger partial charge in [0.1, 0.15) is 0 Å². The molecule has 0 spiro atoms. The van der Waals surface area contributed by atoms with Gasteiger partial charge >= 0.3 is 12.4 Å². The van der Waals surface area contributed by atoms with Crippen molar-refractivity contribution in [3.63, 3.8) is 0 Å². The summed E-state index contributed by atoms with van der Waals surface area (Å²) in [6.07, 6.45) is -6.32. The number of carbonyl (C=O) groups is 1. The van der Waals surface area contributed by atoms with Crippen LogP contribution in [-0.2, 0) is 17.1 Å². The predicted molar refractivity (Wildman–Crippen MR) is 131 cm³/mol. The lowest BCUT2D eigenvalue weighted by Gasteiger charge is -2.41. The summed E-state index contributed by atoms with van der Waals surface area (Å²) in [6.45, 7) is 5.06. The quantitative estimate of drug-likeness (QED) is 0.276. The smallest absolute Gasteiger partial charge is 0.297 e. The summed E-state index contributed by atoms with van der Waals surface area (Å²) >= 11 is 0. The fourth-order valence-corrected chi connectivity index (χ4v) is 5.11. The molecule has 38 heavy (non-hydrogen) atoms. The van der Waals surface area contributed by atoms with Crippen LogP contribution in [0.4, 0.5) is 26.3 Å². The highest BCUT2D eigenvalue weighted by Gasteiger charge is 2.36. The van der Waals surface area contributed by atoms with Crippen LogP contribution < -0.4 is 5.53 Å². The van der Waals surface area contributed by atoms with Crippen LogP contribution in [0.1, 0.15) is 73.7 Å². The van der Waals surface area contributed by atoms with Crippen molar-refractivity contribution in [1.29, 1.82) is 0 Å². The van der Waals surface area contributed by atoms with Crippen molar-refractivity contribution in [2.75, 3.05) is 19.6 Å². The van der Waals surface area contributed by atoms with Crippen molar-refractivity contribution >= 4 is 5.78 Å². The Bertz CT molecular complexity index is 1060.